The molecule has 4 aromatic rings. The van der Waals surface area contributed by atoms with Gasteiger partial charge in [-0.1, -0.05) is 30.3 Å². The van der Waals surface area contributed by atoms with Crippen molar-refractivity contribution in [3.05, 3.63) is 64.0 Å². The normalized spacial score (nSPS) is 15.1. The fraction of sp³-hybridized carbons (Fsp3) is 0.360. The summed E-state index contributed by atoms with van der Waals surface area (Å²) in [6, 6.07) is 11.6. The van der Waals surface area contributed by atoms with E-state index in [2.05, 4.69) is 10.1 Å². The lowest BCUT2D eigenvalue weighted by atomic mass is 9.93. The Bertz CT molecular complexity index is 1380. The largest absolute Gasteiger partial charge is 0.444 e. The van der Waals surface area contributed by atoms with Crippen LogP contribution in [-0.2, 0) is 4.74 Å². The number of H-pyrrole nitrogens is 1. The van der Waals surface area contributed by atoms with Gasteiger partial charge in [0.2, 0.25) is 0 Å². The van der Waals surface area contributed by atoms with E-state index in [9.17, 15) is 9.59 Å². The van der Waals surface area contributed by atoms with Crippen LogP contribution in [0.1, 0.15) is 45.2 Å². The number of rotatable bonds is 3. The van der Waals surface area contributed by atoms with Gasteiger partial charge in [-0.15, -0.1) is 11.3 Å². The molecule has 34 heavy (non-hydrogen) atoms. The molecule has 8 nitrogen and oxygen atoms in total. The molecule has 0 unspecified atom stereocenters. The summed E-state index contributed by atoms with van der Waals surface area (Å²) in [6.07, 6.45) is 2.95. The molecule has 1 N–H and O–H groups in total. The van der Waals surface area contributed by atoms with E-state index >= 15 is 0 Å². The Morgan fingerprint density at radius 2 is 1.91 bits per heavy atom. The number of amides is 1. The minimum absolute atomic E-state index is 0.118. The number of carbonyl (C=O) groups is 1. The Hall–Kier alpha value is -3.46. The summed E-state index contributed by atoms with van der Waals surface area (Å²) in [7, 11) is 0. The number of thiazole rings is 1. The highest BCUT2D eigenvalue weighted by molar-refractivity contribution is 7.13. The Kier molecular flexibility index (Phi) is 5.73. The number of nitrogens with zero attached hydrogens (tertiary/aromatic N) is 4. The molecule has 0 bridgehead atoms. The van der Waals surface area contributed by atoms with Crippen molar-refractivity contribution in [1.29, 1.82) is 0 Å². The summed E-state index contributed by atoms with van der Waals surface area (Å²) in [6.45, 7) is 6.76. The van der Waals surface area contributed by atoms with Gasteiger partial charge in [-0.25, -0.2) is 14.3 Å². The number of piperidine rings is 1. The van der Waals surface area contributed by atoms with Crippen LogP contribution in [0.15, 0.2) is 52.8 Å². The van der Waals surface area contributed by atoms with E-state index < -0.39 is 5.60 Å². The van der Waals surface area contributed by atoms with Crippen LogP contribution in [0.5, 0.6) is 0 Å². The SMILES string of the molecule is CC(C)(C)OC(=O)N1CCC(c2cc(=O)[nH]c3c(-c4nc(-c5ccccc5)cs4)cnn23)CC1. The van der Waals surface area contributed by atoms with Crippen molar-refractivity contribution in [3.63, 3.8) is 0 Å². The quantitative estimate of drug-likeness (QED) is 0.452. The lowest BCUT2D eigenvalue weighted by molar-refractivity contribution is 0.0203. The maximum atomic E-state index is 12.6. The Balaban J connectivity index is 1.40. The first kappa shape index (κ1) is 22.3. The summed E-state index contributed by atoms with van der Waals surface area (Å²) < 4.78 is 7.32. The number of ether oxygens (including phenoxy) is 1. The molecular weight excluding hydrogens is 450 g/mol. The summed E-state index contributed by atoms with van der Waals surface area (Å²) >= 11 is 1.53. The zero-order valence-corrected chi connectivity index (χ0v) is 20.3. The average molecular weight is 478 g/mol. The molecule has 176 valence electrons. The van der Waals surface area contributed by atoms with Crippen LogP contribution in [0.3, 0.4) is 0 Å². The molecule has 1 amide bonds. The monoisotopic (exact) mass is 477 g/mol. The van der Waals surface area contributed by atoms with Crippen LogP contribution in [0.4, 0.5) is 4.79 Å². The molecule has 1 saturated heterocycles. The zero-order valence-electron chi connectivity index (χ0n) is 19.4. The molecule has 0 aliphatic carbocycles. The van der Waals surface area contributed by atoms with Gasteiger partial charge in [-0.2, -0.15) is 5.10 Å². The van der Waals surface area contributed by atoms with Gasteiger partial charge < -0.3 is 14.6 Å². The van der Waals surface area contributed by atoms with Crippen molar-refractivity contribution in [2.45, 2.75) is 45.1 Å². The van der Waals surface area contributed by atoms with Gasteiger partial charge in [0.05, 0.1) is 23.1 Å². The minimum Gasteiger partial charge on any atom is -0.444 e. The van der Waals surface area contributed by atoms with Crippen LogP contribution in [0.2, 0.25) is 0 Å². The number of benzene rings is 1. The summed E-state index contributed by atoms with van der Waals surface area (Å²) in [4.78, 5) is 34.5. The number of hydrogen-bond donors (Lipinski definition) is 1. The predicted molar refractivity (Wildman–Crippen MR) is 132 cm³/mol. The topological polar surface area (TPSA) is 92.6 Å². The van der Waals surface area contributed by atoms with Crippen molar-refractivity contribution in [3.8, 4) is 21.8 Å². The third kappa shape index (κ3) is 4.48. The minimum atomic E-state index is -0.519. The van der Waals surface area contributed by atoms with Gasteiger partial charge >= 0.3 is 6.09 Å². The molecule has 5 rings (SSSR count). The number of nitrogens with one attached hydrogen (secondary N) is 1. The lowest BCUT2D eigenvalue weighted by Crippen LogP contribution is -2.41. The van der Waals surface area contributed by atoms with E-state index in [1.165, 1.54) is 11.3 Å². The van der Waals surface area contributed by atoms with Crippen LogP contribution in [0, 0.1) is 0 Å². The highest BCUT2D eigenvalue weighted by Gasteiger charge is 2.29. The van der Waals surface area contributed by atoms with Crippen molar-refractivity contribution in [2.24, 2.45) is 0 Å². The molecule has 1 aliphatic heterocycles. The second-order valence-corrected chi connectivity index (χ2v) is 10.4. The number of fused-ring (bicyclic) bond motifs is 1. The highest BCUT2D eigenvalue weighted by Crippen LogP contribution is 2.33. The van der Waals surface area contributed by atoms with Crippen LogP contribution in [-0.4, -0.2) is 49.3 Å². The number of hydrogen-bond acceptors (Lipinski definition) is 6. The Morgan fingerprint density at radius 1 is 1.18 bits per heavy atom. The van der Waals surface area contributed by atoms with Crippen LogP contribution >= 0.6 is 11.3 Å². The molecule has 0 spiro atoms. The summed E-state index contributed by atoms with van der Waals surface area (Å²) in [5, 5.41) is 7.43. The molecule has 0 saturated carbocycles. The van der Waals surface area contributed by atoms with Gasteiger partial charge in [0.25, 0.3) is 5.56 Å². The number of aromatic nitrogens is 4. The first-order valence-electron chi connectivity index (χ1n) is 11.4. The third-order valence-electron chi connectivity index (χ3n) is 5.90. The van der Waals surface area contributed by atoms with Crippen molar-refractivity contribution < 1.29 is 9.53 Å². The zero-order chi connectivity index (χ0) is 23.9. The molecule has 3 aromatic heterocycles. The standard InChI is InChI=1S/C25H27N5O3S/c1-25(2,3)33-24(32)29-11-9-17(10-12-29)20-13-21(31)28-22-18(14-26-30(20)22)23-27-19(15-34-23)16-7-5-4-6-8-16/h4-8,13-15,17H,9-12H2,1-3H3,(H,28,31). The van der Waals surface area contributed by atoms with Gasteiger partial charge in [0, 0.05) is 36.0 Å². The second kappa shape index (κ2) is 8.72. The molecule has 1 aromatic carbocycles. The van der Waals surface area contributed by atoms with Gasteiger partial charge in [-0.3, -0.25) is 4.79 Å². The fourth-order valence-corrected chi connectivity index (χ4v) is 5.12. The molecule has 9 heteroatoms. The maximum absolute atomic E-state index is 12.6. The second-order valence-electron chi connectivity index (χ2n) is 9.52. The van der Waals surface area contributed by atoms with Gasteiger partial charge in [-0.05, 0) is 33.6 Å². The Labute approximate surface area is 201 Å². The number of carbonyl (C=O) groups excluding carboxylic acids is 1. The molecule has 1 aliphatic rings. The smallest absolute Gasteiger partial charge is 0.410 e. The first-order chi connectivity index (χ1) is 16.3. The molecule has 0 atom stereocenters. The van der Waals surface area contributed by atoms with E-state index in [1.807, 2.05) is 61.0 Å². The van der Waals surface area contributed by atoms with Gasteiger partial charge in [0.1, 0.15) is 16.3 Å². The predicted octanol–water partition coefficient (Wildman–Crippen LogP) is 4.93. The van der Waals surface area contributed by atoms with E-state index in [-0.39, 0.29) is 17.6 Å². The highest BCUT2D eigenvalue weighted by atomic mass is 32.1. The van der Waals surface area contributed by atoms with Crippen molar-refractivity contribution >= 4 is 23.1 Å². The van der Waals surface area contributed by atoms with E-state index in [0.717, 1.165) is 40.4 Å². The summed E-state index contributed by atoms with van der Waals surface area (Å²) in [5.41, 5.74) is 3.56. The number of aromatic amines is 1. The average Bonchev–Trinajstić information content (AvgIpc) is 3.45. The summed E-state index contributed by atoms with van der Waals surface area (Å²) in [5.74, 6) is 0.118. The van der Waals surface area contributed by atoms with E-state index in [4.69, 9.17) is 9.72 Å². The Morgan fingerprint density at radius 3 is 2.62 bits per heavy atom. The molecule has 0 radical (unpaired) electrons. The van der Waals surface area contributed by atoms with Crippen LogP contribution in [0.25, 0.3) is 27.5 Å². The molecular formula is C25H27N5O3S. The van der Waals surface area contributed by atoms with Crippen molar-refractivity contribution in [2.75, 3.05) is 13.1 Å². The maximum Gasteiger partial charge on any atom is 0.410 e. The number of likely N-dealkylation sites (tertiary alicyclic amines) is 1. The molecule has 4 heterocycles. The van der Waals surface area contributed by atoms with E-state index in [1.54, 1.807) is 17.2 Å². The van der Waals surface area contributed by atoms with Gasteiger partial charge in [0.15, 0.2) is 0 Å². The van der Waals surface area contributed by atoms with Crippen LogP contribution < -0.4 is 5.56 Å². The van der Waals surface area contributed by atoms with Crippen molar-refractivity contribution in [1.82, 2.24) is 24.5 Å². The molecule has 1 fully saturated rings. The fourth-order valence-electron chi connectivity index (χ4n) is 4.28. The van der Waals surface area contributed by atoms with E-state index in [0.29, 0.717) is 18.7 Å². The third-order valence-corrected chi connectivity index (χ3v) is 6.78. The lowest BCUT2D eigenvalue weighted by Gasteiger charge is -2.33. The first-order valence-corrected chi connectivity index (χ1v) is 12.3.